The molecular weight excluding hydrogens is 158 g/mol. The summed E-state index contributed by atoms with van der Waals surface area (Å²) in [5.41, 5.74) is 2.39. The van der Waals surface area contributed by atoms with E-state index in [-0.39, 0.29) is 0 Å². The van der Waals surface area contributed by atoms with Crippen LogP contribution in [0.15, 0.2) is 48.1 Å². The normalized spacial score (nSPS) is 11.3. The molecule has 0 spiro atoms. The fraction of sp³-hybridized carbons (Fsp3) is 0.250. The molecule has 0 radical (unpaired) electrons. The molecule has 0 saturated carbocycles. The molecule has 0 rings (SSSR count). The number of hydrogen-bond donors (Lipinski definition) is 0. The highest BCUT2D eigenvalue weighted by Crippen LogP contribution is 2.10. The summed E-state index contributed by atoms with van der Waals surface area (Å²) in [5.74, 6) is 0. The second kappa shape index (κ2) is 6.02. The molecule has 0 amide bonds. The minimum atomic E-state index is 0.489. The van der Waals surface area contributed by atoms with Gasteiger partial charge in [-0.25, -0.2) is 0 Å². The Kier molecular flexibility index (Phi) is 5.30. The van der Waals surface area contributed by atoms with E-state index in [2.05, 4.69) is 13.2 Å². The first kappa shape index (κ1) is 11.4. The van der Waals surface area contributed by atoms with Crippen molar-refractivity contribution in [3.05, 3.63) is 48.1 Å². The van der Waals surface area contributed by atoms with Gasteiger partial charge in [-0.1, -0.05) is 43.9 Å². The van der Waals surface area contributed by atoms with Crippen LogP contribution in [0.1, 0.15) is 20.3 Å². The highest BCUT2D eigenvalue weighted by atomic mass is 14.2. The molecule has 0 saturated heterocycles. The van der Waals surface area contributed by atoms with Crippen molar-refractivity contribution in [3.8, 4) is 6.07 Å². The van der Waals surface area contributed by atoms with E-state index in [1.807, 2.05) is 38.1 Å². The molecule has 0 aliphatic heterocycles. The van der Waals surface area contributed by atoms with E-state index in [1.54, 1.807) is 0 Å². The predicted octanol–water partition coefficient (Wildman–Crippen LogP) is 3.53. The summed E-state index contributed by atoms with van der Waals surface area (Å²) < 4.78 is 0. The molecule has 0 aliphatic rings. The van der Waals surface area contributed by atoms with Gasteiger partial charge in [-0.3, -0.25) is 0 Å². The van der Waals surface area contributed by atoms with Gasteiger partial charge in [0.25, 0.3) is 0 Å². The van der Waals surface area contributed by atoms with Crippen LogP contribution in [0.2, 0.25) is 0 Å². The van der Waals surface area contributed by atoms with Gasteiger partial charge in [0.2, 0.25) is 0 Å². The van der Waals surface area contributed by atoms with Crippen LogP contribution in [0.5, 0.6) is 0 Å². The van der Waals surface area contributed by atoms with Gasteiger partial charge < -0.3 is 0 Å². The first-order chi connectivity index (χ1) is 6.15. The summed E-state index contributed by atoms with van der Waals surface area (Å²) in [5, 5.41) is 8.61. The lowest BCUT2D eigenvalue weighted by Gasteiger charge is -1.96. The molecule has 1 heteroatoms. The van der Waals surface area contributed by atoms with Crippen LogP contribution in [-0.2, 0) is 0 Å². The molecule has 0 aliphatic carbocycles. The number of nitriles is 1. The van der Waals surface area contributed by atoms with Crippen molar-refractivity contribution in [3.63, 3.8) is 0 Å². The van der Waals surface area contributed by atoms with E-state index < -0.39 is 0 Å². The summed E-state index contributed by atoms with van der Waals surface area (Å²) in [6.07, 6.45) is 6.58. The number of allylic oxidation sites excluding steroid dienone is 6. The van der Waals surface area contributed by atoms with Crippen LogP contribution < -0.4 is 0 Å². The second-order valence-electron chi connectivity index (χ2n) is 2.68. The lowest BCUT2D eigenvalue weighted by atomic mass is 10.1. The van der Waals surface area contributed by atoms with Crippen molar-refractivity contribution < 1.29 is 0 Å². The van der Waals surface area contributed by atoms with Crippen LogP contribution in [-0.4, -0.2) is 0 Å². The molecule has 0 aromatic rings. The quantitative estimate of drug-likeness (QED) is 0.471. The van der Waals surface area contributed by atoms with E-state index in [9.17, 15) is 0 Å². The third-order valence-electron chi connectivity index (χ3n) is 1.75. The van der Waals surface area contributed by atoms with Gasteiger partial charge in [-0.15, -0.1) is 0 Å². The smallest absolute Gasteiger partial charge is 0.0991 e. The van der Waals surface area contributed by atoms with Gasteiger partial charge in [0.05, 0.1) is 11.6 Å². The maximum Gasteiger partial charge on any atom is 0.0991 e. The van der Waals surface area contributed by atoms with E-state index in [4.69, 9.17) is 5.26 Å². The zero-order valence-electron chi connectivity index (χ0n) is 8.30. The summed E-state index contributed by atoms with van der Waals surface area (Å²) >= 11 is 0. The van der Waals surface area contributed by atoms with Crippen LogP contribution >= 0.6 is 0 Å². The van der Waals surface area contributed by atoms with Crippen LogP contribution in [0, 0.1) is 11.3 Å². The first-order valence-electron chi connectivity index (χ1n) is 4.27. The second-order valence-corrected chi connectivity index (χ2v) is 2.68. The summed E-state index contributed by atoms with van der Waals surface area (Å²) in [6, 6.07) is 2.01. The lowest BCUT2D eigenvalue weighted by Crippen LogP contribution is -1.80. The lowest BCUT2D eigenvalue weighted by molar-refractivity contribution is 1.16. The van der Waals surface area contributed by atoms with E-state index in [1.165, 1.54) is 0 Å². The standard InChI is InChI=1S/C12H15N/c1-5-10(3)7-8-12(6-2)11(4)9-13/h6-8H,3-5H2,1-2H3/b8-7-,12-6+. The van der Waals surface area contributed by atoms with Gasteiger partial charge >= 0.3 is 0 Å². The zero-order valence-corrected chi connectivity index (χ0v) is 8.30. The molecule has 0 aromatic carbocycles. The van der Waals surface area contributed by atoms with Gasteiger partial charge in [0.15, 0.2) is 0 Å². The van der Waals surface area contributed by atoms with Gasteiger partial charge in [-0.2, -0.15) is 5.26 Å². The van der Waals surface area contributed by atoms with Crippen molar-refractivity contribution in [2.45, 2.75) is 20.3 Å². The fourth-order valence-electron chi connectivity index (χ4n) is 0.761. The van der Waals surface area contributed by atoms with Crippen LogP contribution in [0.3, 0.4) is 0 Å². The zero-order chi connectivity index (χ0) is 10.3. The minimum absolute atomic E-state index is 0.489. The Morgan fingerprint density at radius 1 is 1.38 bits per heavy atom. The molecule has 0 bridgehead atoms. The van der Waals surface area contributed by atoms with Crippen molar-refractivity contribution >= 4 is 0 Å². The Morgan fingerprint density at radius 2 is 2.00 bits per heavy atom. The van der Waals surface area contributed by atoms with E-state index in [0.29, 0.717) is 5.57 Å². The average Bonchev–Trinajstić information content (AvgIpc) is 2.17. The Hall–Kier alpha value is -1.55. The molecule has 0 unspecified atom stereocenters. The number of hydrogen-bond acceptors (Lipinski definition) is 1. The Bertz CT molecular complexity index is 298. The molecule has 13 heavy (non-hydrogen) atoms. The highest BCUT2D eigenvalue weighted by Gasteiger charge is 1.94. The van der Waals surface area contributed by atoms with E-state index in [0.717, 1.165) is 17.6 Å². The molecular formula is C12H15N. The Morgan fingerprint density at radius 3 is 2.38 bits per heavy atom. The van der Waals surface area contributed by atoms with Crippen molar-refractivity contribution in [1.82, 2.24) is 0 Å². The Labute approximate surface area is 80.4 Å². The molecule has 0 aromatic heterocycles. The number of nitrogens with zero attached hydrogens (tertiary/aromatic N) is 1. The summed E-state index contributed by atoms with van der Waals surface area (Å²) in [4.78, 5) is 0. The largest absolute Gasteiger partial charge is 0.192 e. The predicted molar refractivity (Wildman–Crippen MR) is 57.1 cm³/mol. The molecule has 0 N–H and O–H groups in total. The maximum atomic E-state index is 8.61. The third-order valence-corrected chi connectivity index (χ3v) is 1.75. The molecule has 0 heterocycles. The molecule has 0 fully saturated rings. The van der Waals surface area contributed by atoms with Gasteiger partial charge in [0.1, 0.15) is 0 Å². The first-order valence-corrected chi connectivity index (χ1v) is 4.27. The van der Waals surface area contributed by atoms with E-state index >= 15 is 0 Å². The topological polar surface area (TPSA) is 23.8 Å². The summed E-state index contributed by atoms with van der Waals surface area (Å²) in [6.45, 7) is 11.4. The average molecular weight is 173 g/mol. The highest BCUT2D eigenvalue weighted by molar-refractivity contribution is 5.47. The van der Waals surface area contributed by atoms with Gasteiger partial charge in [0, 0.05) is 0 Å². The summed E-state index contributed by atoms with van der Waals surface area (Å²) in [7, 11) is 0. The molecule has 0 atom stereocenters. The van der Waals surface area contributed by atoms with Crippen molar-refractivity contribution in [2.24, 2.45) is 0 Å². The maximum absolute atomic E-state index is 8.61. The fourth-order valence-corrected chi connectivity index (χ4v) is 0.761. The third kappa shape index (κ3) is 4.12. The van der Waals surface area contributed by atoms with Crippen molar-refractivity contribution in [1.29, 1.82) is 5.26 Å². The molecule has 1 nitrogen and oxygen atoms in total. The minimum Gasteiger partial charge on any atom is -0.192 e. The molecule has 68 valence electrons. The van der Waals surface area contributed by atoms with Crippen LogP contribution in [0.25, 0.3) is 0 Å². The monoisotopic (exact) mass is 173 g/mol. The van der Waals surface area contributed by atoms with Gasteiger partial charge in [-0.05, 0) is 18.9 Å². The number of rotatable bonds is 4. The SMILES string of the molecule is C=C(/C=C\C(=C/C)C(=C)C#N)CC. The van der Waals surface area contributed by atoms with Crippen LogP contribution in [0.4, 0.5) is 0 Å². The Balaban J connectivity index is 4.51. The van der Waals surface area contributed by atoms with Crippen molar-refractivity contribution in [2.75, 3.05) is 0 Å².